The number of amides is 1. The highest BCUT2D eigenvalue weighted by Crippen LogP contribution is 2.34. The second-order valence-electron chi connectivity index (χ2n) is 7.44. The lowest BCUT2D eigenvalue weighted by molar-refractivity contribution is -0.113. The number of anilines is 3. The van der Waals surface area contributed by atoms with E-state index in [1.54, 1.807) is 11.3 Å². The summed E-state index contributed by atoms with van der Waals surface area (Å²) < 4.78 is 0.957. The van der Waals surface area contributed by atoms with Gasteiger partial charge in [-0.2, -0.15) is 16.7 Å². The Hall–Kier alpha value is -2.04. The number of carbonyl (C=O) groups excluding carboxylic acids is 1. The molecule has 1 saturated heterocycles. The van der Waals surface area contributed by atoms with Crippen LogP contribution in [0.2, 0.25) is 0 Å². The van der Waals surface area contributed by atoms with E-state index in [0.29, 0.717) is 5.65 Å². The number of nitrogens with zero attached hydrogens (tertiary/aromatic N) is 5. The number of carbonyl (C=O) groups is 1. The van der Waals surface area contributed by atoms with Crippen LogP contribution in [0.1, 0.15) is 19.4 Å². The summed E-state index contributed by atoms with van der Waals surface area (Å²) in [4.78, 5) is 30.7. The van der Waals surface area contributed by atoms with E-state index in [9.17, 15) is 4.79 Å². The lowest BCUT2D eigenvalue weighted by Gasteiger charge is -2.25. The van der Waals surface area contributed by atoms with Crippen molar-refractivity contribution < 1.29 is 4.79 Å². The zero-order valence-electron chi connectivity index (χ0n) is 18.6. The SMILES string of the molecule is CCN(CC)c1ccc(NC(=O)CSc2ncnc3nc(N4CCSCC4)sc23)c(C)c1. The van der Waals surface area contributed by atoms with E-state index in [1.807, 2.05) is 24.8 Å². The van der Waals surface area contributed by atoms with Crippen molar-refractivity contribution in [2.75, 3.05) is 58.6 Å². The zero-order valence-corrected chi connectivity index (χ0v) is 21.1. The third kappa shape index (κ3) is 5.29. The van der Waals surface area contributed by atoms with E-state index in [-0.39, 0.29) is 11.7 Å². The molecule has 3 aromatic rings. The molecule has 0 saturated carbocycles. The molecule has 1 aliphatic heterocycles. The van der Waals surface area contributed by atoms with Crippen molar-refractivity contribution >= 4 is 67.6 Å². The molecule has 1 aromatic carbocycles. The third-order valence-electron chi connectivity index (χ3n) is 5.38. The summed E-state index contributed by atoms with van der Waals surface area (Å²) in [6.07, 6.45) is 1.54. The largest absolute Gasteiger partial charge is 0.372 e. The Morgan fingerprint density at radius 3 is 2.72 bits per heavy atom. The monoisotopic (exact) mass is 488 g/mol. The van der Waals surface area contributed by atoms with E-state index < -0.39 is 0 Å². The molecular weight excluding hydrogens is 460 g/mol. The van der Waals surface area contributed by atoms with Gasteiger partial charge in [0.1, 0.15) is 16.1 Å². The van der Waals surface area contributed by atoms with Crippen LogP contribution in [0, 0.1) is 6.92 Å². The van der Waals surface area contributed by atoms with E-state index in [0.717, 1.165) is 63.8 Å². The van der Waals surface area contributed by atoms with E-state index in [2.05, 4.69) is 51.1 Å². The van der Waals surface area contributed by atoms with Crippen LogP contribution in [0.15, 0.2) is 29.6 Å². The summed E-state index contributed by atoms with van der Waals surface area (Å²) in [5, 5.41) is 4.85. The maximum absolute atomic E-state index is 12.6. The van der Waals surface area contributed by atoms with Gasteiger partial charge < -0.3 is 15.1 Å². The minimum atomic E-state index is -0.0433. The van der Waals surface area contributed by atoms with Crippen LogP contribution in [-0.2, 0) is 4.79 Å². The average molecular weight is 489 g/mol. The first-order valence-corrected chi connectivity index (χ1v) is 13.8. The minimum absolute atomic E-state index is 0.0433. The number of rotatable bonds is 8. The molecule has 4 rings (SSSR count). The number of hydrogen-bond acceptors (Lipinski definition) is 9. The lowest BCUT2D eigenvalue weighted by Crippen LogP contribution is -2.32. The maximum Gasteiger partial charge on any atom is 0.234 e. The quantitative estimate of drug-likeness (QED) is 0.366. The number of benzene rings is 1. The Bertz CT molecular complexity index is 1080. The molecule has 1 aliphatic rings. The van der Waals surface area contributed by atoms with Crippen LogP contribution in [0.4, 0.5) is 16.5 Å². The van der Waals surface area contributed by atoms with Gasteiger partial charge >= 0.3 is 0 Å². The fourth-order valence-corrected chi connectivity index (χ4v) is 6.45. The van der Waals surface area contributed by atoms with Crippen molar-refractivity contribution in [2.45, 2.75) is 25.8 Å². The highest BCUT2D eigenvalue weighted by Gasteiger charge is 2.18. The summed E-state index contributed by atoms with van der Waals surface area (Å²) in [7, 11) is 0. The van der Waals surface area contributed by atoms with Gasteiger partial charge in [-0.15, -0.1) is 0 Å². The molecule has 0 atom stereocenters. The summed E-state index contributed by atoms with van der Waals surface area (Å²) in [6.45, 7) is 10.3. The molecule has 0 spiro atoms. The van der Waals surface area contributed by atoms with Crippen molar-refractivity contribution in [3.63, 3.8) is 0 Å². The minimum Gasteiger partial charge on any atom is -0.372 e. The number of fused-ring (bicyclic) bond motifs is 1. The third-order valence-corrected chi connectivity index (χ3v) is 8.55. The molecule has 0 aliphatic carbocycles. The second-order valence-corrected chi connectivity index (χ2v) is 10.6. The Morgan fingerprint density at radius 2 is 2.00 bits per heavy atom. The normalized spacial score (nSPS) is 14.0. The van der Waals surface area contributed by atoms with Crippen molar-refractivity contribution in [1.29, 1.82) is 0 Å². The molecule has 10 heteroatoms. The number of thiazole rings is 1. The Morgan fingerprint density at radius 1 is 1.22 bits per heavy atom. The van der Waals surface area contributed by atoms with E-state index in [4.69, 9.17) is 4.98 Å². The number of nitrogens with one attached hydrogen (secondary N) is 1. The van der Waals surface area contributed by atoms with Gasteiger partial charge in [0, 0.05) is 49.1 Å². The number of aromatic nitrogens is 3. The zero-order chi connectivity index (χ0) is 22.5. The Kier molecular flexibility index (Phi) is 7.75. The van der Waals surface area contributed by atoms with Crippen LogP contribution >= 0.6 is 34.9 Å². The summed E-state index contributed by atoms with van der Waals surface area (Å²) >= 11 is 5.03. The van der Waals surface area contributed by atoms with Crippen LogP contribution < -0.4 is 15.1 Å². The standard InChI is InChI=1S/C22H28N6OS3/c1-4-27(5-2)16-6-7-17(15(3)12-16)25-18(29)13-31-21-19-20(23-14-24-21)26-22(32-19)28-8-10-30-11-9-28/h6-7,12,14H,4-5,8-11,13H2,1-3H3,(H,25,29). The van der Waals surface area contributed by atoms with Gasteiger partial charge in [-0.05, 0) is 44.5 Å². The fraction of sp³-hybridized carbons (Fsp3) is 0.455. The molecule has 170 valence electrons. The van der Waals surface area contributed by atoms with Gasteiger partial charge in [-0.25, -0.2) is 9.97 Å². The van der Waals surface area contributed by atoms with Gasteiger partial charge in [-0.1, -0.05) is 23.1 Å². The van der Waals surface area contributed by atoms with Gasteiger partial charge in [0.15, 0.2) is 10.8 Å². The summed E-state index contributed by atoms with van der Waals surface area (Å²) in [5.74, 6) is 2.49. The van der Waals surface area contributed by atoms with Crippen molar-refractivity contribution in [1.82, 2.24) is 15.0 Å². The second kappa shape index (κ2) is 10.7. The van der Waals surface area contributed by atoms with Gasteiger partial charge in [0.2, 0.25) is 5.91 Å². The average Bonchev–Trinajstić information content (AvgIpc) is 3.26. The molecular formula is C22H28N6OS3. The summed E-state index contributed by atoms with van der Waals surface area (Å²) in [6, 6.07) is 6.18. The smallest absolute Gasteiger partial charge is 0.234 e. The van der Waals surface area contributed by atoms with Gasteiger partial charge in [0.05, 0.1) is 5.75 Å². The van der Waals surface area contributed by atoms with Crippen LogP contribution in [0.3, 0.4) is 0 Å². The first-order chi connectivity index (χ1) is 15.6. The molecule has 32 heavy (non-hydrogen) atoms. The molecule has 1 fully saturated rings. The van der Waals surface area contributed by atoms with E-state index >= 15 is 0 Å². The fourth-order valence-electron chi connectivity index (χ4n) is 3.61. The predicted octanol–water partition coefficient (Wildman–Crippen LogP) is 4.52. The van der Waals surface area contributed by atoms with Gasteiger partial charge in [-0.3, -0.25) is 4.79 Å². The van der Waals surface area contributed by atoms with Gasteiger partial charge in [0.25, 0.3) is 0 Å². The van der Waals surface area contributed by atoms with Crippen molar-refractivity contribution in [2.24, 2.45) is 0 Å². The van der Waals surface area contributed by atoms with Crippen LogP contribution in [0.25, 0.3) is 10.3 Å². The Balaban J connectivity index is 1.41. The topological polar surface area (TPSA) is 74.2 Å². The van der Waals surface area contributed by atoms with E-state index in [1.165, 1.54) is 23.8 Å². The first kappa shape index (κ1) is 23.1. The van der Waals surface area contributed by atoms with Crippen molar-refractivity contribution in [3.05, 3.63) is 30.1 Å². The van der Waals surface area contributed by atoms with Crippen LogP contribution in [0.5, 0.6) is 0 Å². The number of thioether (sulfide) groups is 2. The predicted molar refractivity (Wildman–Crippen MR) is 139 cm³/mol. The molecule has 2 aromatic heterocycles. The molecule has 0 bridgehead atoms. The molecule has 1 N–H and O–H groups in total. The lowest BCUT2D eigenvalue weighted by atomic mass is 10.1. The highest BCUT2D eigenvalue weighted by atomic mass is 32.2. The highest BCUT2D eigenvalue weighted by molar-refractivity contribution is 8.00. The summed E-state index contributed by atoms with van der Waals surface area (Å²) in [5.41, 5.74) is 3.80. The number of hydrogen-bond donors (Lipinski definition) is 1. The Labute approximate surface area is 201 Å². The molecule has 3 heterocycles. The molecule has 7 nitrogen and oxygen atoms in total. The van der Waals surface area contributed by atoms with Crippen LogP contribution in [-0.4, -0.2) is 64.3 Å². The first-order valence-electron chi connectivity index (χ1n) is 10.8. The molecule has 0 radical (unpaired) electrons. The molecule has 1 amide bonds. The van der Waals surface area contributed by atoms with Crippen molar-refractivity contribution in [3.8, 4) is 0 Å². The maximum atomic E-state index is 12.6. The number of aryl methyl sites for hydroxylation is 1. The molecule has 0 unspecified atom stereocenters.